The molecule has 7 nitrogen and oxygen atoms in total. The van der Waals surface area contributed by atoms with Crippen LogP contribution in [0.25, 0.3) is 0 Å². The summed E-state index contributed by atoms with van der Waals surface area (Å²) in [5, 5.41) is 13.9. The van der Waals surface area contributed by atoms with Crippen LogP contribution in [0.3, 0.4) is 0 Å². The average Bonchev–Trinajstić information content (AvgIpc) is 2.32. The highest BCUT2D eigenvalue weighted by molar-refractivity contribution is 5.88. The van der Waals surface area contributed by atoms with Crippen LogP contribution in [0.2, 0.25) is 0 Å². The van der Waals surface area contributed by atoms with Gasteiger partial charge in [0.05, 0.1) is 0 Å². The smallest absolute Gasteiger partial charge is 0.326 e. The van der Waals surface area contributed by atoms with E-state index in [2.05, 4.69) is 10.6 Å². The molecule has 3 amide bonds. The number of carboxylic acids is 1. The second-order valence-electron chi connectivity index (χ2n) is 5.83. The van der Waals surface area contributed by atoms with E-state index in [9.17, 15) is 14.4 Å². The van der Waals surface area contributed by atoms with Crippen molar-refractivity contribution in [2.24, 2.45) is 5.41 Å². The van der Waals surface area contributed by atoms with Crippen LogP contribution in [-0.2, 0) is 9.59 Å². The Labute approximate surface area is 119 Å². The summed E-state index contributed by atoms with van der Waals surface area (Å²) < 4.78 is 0. The minimum absolute atomic E-state index is 0.231. The first-order valence-electron chi connectivity index (χ1n) is 6.55. The van der Waals surface area contributed by atoms with Crippen molar-refractivity contribution in [3.05, 3.63) is 0 Å². The summed E-state index contributed by atoms with van der Waals surface area (Å²) in [6, 6.07) is -2.42. The third kappa shape index (κ3) is 5.46. The quantitative estimate of drug-likeness (QED) is 0.691. The van der Waals surface area contributed by atoms with Crippen molar-refractivity contribution < 1.29 is 19.5 Å². The van der Waals surface area contributed by atoms with Crippen molar-refractivity contribution in [3.63, 3.8) is 0 Å². The minimum atomic E-state index is -1.11. The van der Waals surface area contributed by atoms with Crippen LogP contribution < -0.4 is 10.6 Å². The fourth-order valence-electron chi connectivity index (χ4n) is 1.57. The SMILES string of the molecule is CCN(C)C(=O)C(C)NC(=O)N[C@@H](C(=O)O)C(C)(C)C. The van der Waals surface area contributed by atoms with E-state index in [1.807, 2.05) is 6.92 Å². The molecule has 0 aromatic heterocycles. The third-order valence-corrected chi connectivity index (χ3v) is 2.96. The van der Waals surface area contributed by atoms with Gasteiger partial charge in [-0.3, -0.25) is 4.79 Å². The number of rotatable bonds is 5. The van der Waals surface area contributed by atoms with E-state index >= 15 is 0 Å². The van der Waals surface area contributed by atoms with Crippen LogP contribution in [-0.4, -0.2) is 53.6 Å². The summed E-state index contributed by atoms with van der Waals surface area (Å²) in [5.74, 6) is -1.34. The minimum Gasteiger partial charge on any atom is -0.480 e. The molecule has 0 spiro atoms. The molecular weight excluding hydrogens is 262 g/mol. The van der Waals surface area contributed by atoms with Crippen molar-refractivity contribution in [2.75, 3.05) is 13.6 Å². The van der Waals surface area contributed by atoms with E-state index in [0.29, 0.717) is 6.54 Å². The van der Waals surface area contributed by atoms with Gasteiger partial charge in [-0.05, 0) is 19.3 Å². The normalized spacial score (nSPS) is 14.1. The summed E-state index contributed by atoms with van der Waals surface area (Å²) in [6.45, 7) is 9.06. The summed E-state index contributed by atoms with van der Waals surface area (Å²) in [4.78, 5) is 36.2. The summed E-state index contributed by atoms with van der Waals surface area (Å²) in [5.41, 5.74) is -0.628. The van der Waals surface area contributed by atoms with Gasteiger partial charge in [0.1, 0.15) is 12.1 Å². The highest BCUT2D eigenvalue weighted by atomic mass is 16.4. The molecule has 0 aromatic rings. The van der Waals surface area contributed by atoms with Gasteiger partial charge in [-0.2, -0.15) is 0 Å². The standard InChI is InChI=1S/C13H25N3O4/c1-7-16(6)10(17)8(2)14-12(20)15-9(11(18)19)13(3,4)5/h8-9H,7H2,1-6H3,(H,18,19)(H2,14,15,20)/t8?,9-/m0/s1. The number of carbonyl (C=O) groups is 3. The van der Waals surface area contributed by atoms with Crippen LogP contribution in [0.5, 0.6) is 0 Å². The van der Waals surface area contributed by atoms with Crippen LogP contribution in [0.4, 0.5) is 4.79 Å². The fraction of sp³-hybridized carbons (Fsp3) is 0.769. The van der Waals surface area contributed by atoms with E-state index in [4.69, 9.17) is 5.11 Å². The molecule has 0 aliphatic carbocycles. The van der Waals surface area contributed by atoms with Gasteiger partial charge in [0, 0.05) is 13.6 Å². The fourth-order valence-corrected chi connectivity index (χ4v) is 1.57. The molecule has 116 valence electrons. The molecule has 2 atom stereocenters. The lowest BCUT2D eigenvalue weighted by Gasteiger charge is -2.28. The summed E-state index contributed by atoms with van der Waals surface area (Å²) in [6.07, 6.45) is 0. The van der Waals surface area contributed by atoms with Gasteiger partial charge in [-0.25, -0.2) is 9.59 Å². The number of hydrogen-bond acceptors (Lipinski definition) is 3. The maximum Gasteiger partial charge on any atom is 0.326 e. The number of carbonyl (C=O) groups excluding carboxylic acids is 2. The molecule has 1 unspecified atom stereocenters. The zero-order chi connectivity index (χ0) is 16.1. The maximum atomic E-state index is 11.8. The van der Waals surface area contributed by atoms with E-state index in [1.54, 1.807) is 34.7 Å². The molecule has 0 saturated heterocycles. The number of likely N-dealkylation sites (N-methyl/N-ethyl adjacent to an activating group) is 1. The Morgan fingerprint density at radius 2 is 1.70 bits per heavy atom. The van der Waals surface area contributed by atoms with E-state index in [1.165, 1.54) is 4.90 Å². The Morgan fingerprint density at radius 1 is 1.20 bits per heavy atom. The Balaban J connectivity index is 4.63. The lowest BCUT2D eigenvalue weighted by Crippen LogP contribution is -2.55. The molecule has 0 heterocycles. The Kier molecular flexibility index (Phi) is 6.48. The molecule has 20 heavy (non-hydrogen) atoms. The monoisotopic (exact) mass is 287 g/mol. The molecule has 0 aromatic carbocycles. The van der Waals surface area contributed by atoms with Gasteiger partial charge in [0.15, 0.2) is 0 Å². The molecule has 0 aliphatic rings. The number of amides is 3. The predicted octanol–water partition coefficient (Wildman–Crippen LogP) is 0.652. The zero-order valence-corrected chi connectivity index (χ0v) is 13.0. The molecule has 0 aliphatic heterocycles. The Hall–Kier alpha value is -1.79. The largest absolute Gasteiger partial charge is 0.480 e. The van der Waals surface area contributed by atoms with Crippen molar-refractivity contribution in [2.45, 2.75) is 46.7 Å². The highest BCUT2D eigenvalue weighted by Crippen LogP contribution is 2.19. The second kappa shape index (κ2) is 7.12. The lowest BCUT2D eigenvalue weighted by molar-refractivity contribution is -0.141. The molecule has 3 N–H and O–H groups in total. The molecule has 0 radical (unpaired) electrons. The Morgan fingerprint density at radius 3 is 2.05 bits per heavy atom. The molecule has 7 heteroatoms. The molecular formula is C13H25N3O4. The average molecular weight is 287 g/mol. The van der Waals surface area contributed by atoms with Gasteiger partial charge >= 0.3 is 12.0 Å². The molecule has 0 saturated carbocycles. The molecule has 0 bridgehead atoms. The second-order valence-corrected chi connectivity index (χ2v) is 5.83. The highest BCUT2D eigenvalue weighted by Gasteiger charge is 2.33. The lowest BCUT2D eigenvalue weighted by atomic mass is 9.87. The van der Waals surface area contributed by atoms with E-state index in [-0.39, 0.29) is 5.91 Å². The van der Waals surface area contributed by atoms with Crippen LogP contribution in [0.1, 0.15) is 34.6 Å². The maximum absolute atomic E-state index is 11.8. The first-order valence-corrected chi connectivity index (χ1v) is 6.55. The topological polar surface area (TPSA) is 98.7 Å². The Bertz CT molecular complexity index is 376. The molecule has 0 fully saturated rings. The summed E-state index contributed by atoms with van der Waals surface area (Å²) >= 11 is 0. The first kappa shape index (κ1) is 18.2. The zero-order valence-electron chi connectivity index (χ0n) is 13.0. The number of nitrogens with one attached hydrogen (secondary N) is 2. The third-order valence-electron chi connectivity index (χ3n) is 2.96. The van der Waals surface area contributed by atoms with Crippen LogP contribution >= 0.6 is 0 Å². The molecule has 0 rings (SSSR count). The predicted molar refractivity (Wildman–Crippen MR) is 75.3 cm³/mol. The van der Waals surface area contributed by atoms with Gasteiger partial charge in [0.25, 0.3) is 0 Å². The van der Waals surface area contributed by atoms with Crippen molar-refractivity contribution in [1.29, 1.82) is 0 Å². The number of urea groups is 1. The van der Waals surface area contributed by atoms with Crippen molar-refractivity contribution >= 4 is 17.9 Å². The van der Waals surface area contributed by atoms with Gasteiger partial charge in [-0.15, -0.1) is 0 Å². The number of aliphatic carboxylic acids is 1. The van der Waals surface area contributed by atoms with Crippen LogP contribution in [0.15, 0.2) is 0 Å². The van der Waals surface area contributed by atoms with Crippen molar-refractivity contribution in [1.82, 2.24) is 15.5 Å². The number of hydrogen-bond donors (Lipinski definition) is 3. The number of nitrogens with zero attached hydrogens (tertiary/aromatic N) is 1. The van der Waals surface area contributed by atoms with Crippen molar-refractivity contribution in [3.8, 4) is 0 Å². The van der Waals surface area contributed by atoms with E-state index < -0.39 is 29.5 Å². The first-order chi connectivity index (χ1) is 9.00. The van der Waals surface area contributed by atoms with Gasteiger partial charge < -0.3 is 20.6 Å². The van der Waals surface area contributed by atoms with Crippen LogP contribution in [0, 0.1) is 5.41 Å². The summed E-state index contributed by atoms with van der Waals surface area (Å²) in [7, 11) is 1.63. The van der Waals surface area contributed by atoms with Gasteiger partial charge in [0.2, 0.25) is 5.91 Å². The number of carboxylic acid groups (broad SMARTS) is 1. The van der Waals surface area contributed by atoms with E-state index in [0.717, 1.165) is 0 Å². The van der Waals surface area contributed by atoms with Gasteiger partial charge in [-0.1, -0.05) is 20.8 Å².